The van der Waals surface area contributed by atoms with Crippen LogP contribution in [0.3, 0.4) is 0 Å². The van der Waals surface area contributed by atoms with Crippen molar-refractivity contribution in [3.8, 4) is 5.75 Å². The van der Waals surface area contributed by atoms with Crippen molar-refractivity contribution < 1.29 is 14.6 Å². The first-order chi connectivity index (χ1) is 9.21. The molecule has 2 unspecified atom stereocenters. The van der Waals surface area contributed by atoms with Gasteiger partial charge in [-0.15, -0.1) is 0 Å². The fraction of sp³-hybridized carbons (Fsp3) is 0.600. The highest BCUT2D eigenvalue weighted by Crippen LogP contribution is 2.28. The number of hydrogen-bond donors (Lipinski definition) is 2. The van der Waals surface area contributed by atoms with E-state index in [2.05, 4.69) is 12.2 Å². The minimum atomic E-state index is -0.224. The van der Waals surface area contributed by atoms with Crippen LogP contribution in [0.5, 0.6) is 5.75 Å². The van der Waals surface area contributed by atoms with E-state index in [1.54, 1.807) is 13.2 Å². The van der Waals surface area contributed by atoms with Crippen LogP contribution >= 0.6 is 0 Å². The lowest BCUT2D eigenvalue weighted by Crippen LogP contribution is -2.44. The van der Waals surface area contributed by atoms with Crippen LogP contribution in [0.2, 0.25) is 0 Å². The van der Waals surface area contributed by atoms with Crippen LogP contribution in [0.15, 0.2) is 24.3 Å². The van der Waals surface area contributed by atoms with Gasteiger partial charge in [0.25, 0.3) is 0 Å². The summed E-state index contributed by atoms with van der Waals surface area (Å²) >= 11 is 0. The van der Waals surface area contributed by atoms with Gasteiger partial charge in [-0.3, -0.25) is 0 Å². The first kappa shape index (κ1) is 14.3. The van der Waals surface area contributed by atoms with Crippen LogP contribution in [0.4, 0.5) is 0 Å². The van der Waals surface area contributed by atoms with Crippen molar-refractivity contribution in [1.29, 1.82) is 0 Å². The monoisotopic (exact) mass is 265 g/mol. The van der Waals surface area contributed by atoms with Gasteiger partial charge in [0.2, 0.25) is 0 Å². The predicted molar refractivity (Wildman–Crippen MR) is 74.3 cm³/mol. The van der Waals surface area contributed by atoms with E-state index in [1.165, 1.54) is 0 Å². The van der Waals surface area contributed by atoms with Gasteiger partial charge in [-0.05, 0) is 12.5 Å². The van der Waals surface area contributed by atoms with Gasteiger partial charge < -0.3 is 19.9 Å². The molecule has 0 radical (unpaired) electrons. The number of para-hydroxylation sites is 1. The topological polar surface area (TPSA) is 50.7 Å². The fourth-order valence-corrected chi connectivity index (χ4v) is 2.53. The standard InChI is InChI=1S/C15H23NO3/c1-3-13(12-6-4-5-7-14(12)17)16-10-15(18-2)8-9-19-11-15/h4-7,13,16-17H,3,8-11H2,1-2H3. The van der Waals surface area contributed by atoms with E-state index in [4.69, 9.17) is 9.47 Å². The molecule has 4 nitrogen and oxygen atoms in total. The van der Waals surface area contributed by atoms with E-state index in [9.17, 15) is 5.11 Å². The van der Waals surface area contributed by atoms with Crippen LogP contribution in [0.1, 0.15) is 31.4 Å². The zero-order chi connectivity index (χ0) is 13.7. The Hall–Kier alpha value is -1.10. The number of ether oxygens (including phenoxy) is 2. The van der Waals surface area contributed by atoms with E-state index < -0.39 is 0 Å². The quantitative estimate of drug-likeness (QED) is 0.828. The second kappa shape index (κ2) is 6.37. The van der Waals surface area contributed by atoms with Crippen LogP contribution in [-0.2, 0) is 9.47 Å². The van der Waals surface area contributed by atoms with Crippen LogP contribution in [-0.4, -0.2) is 37.6 Å². The molecule has 2 atom stereocenters. The molecule has 1 aliphatic heterocycles. The highest BCUT2D eigenvalue weighted by atomic mass is 16.5. The van der Waals surface area contributed by atoms with Crippen LogP contribution in [0.25, 0.3) is 0 Å². The fourth-order valence-electron chi connectivity index (χ4n) is 2.53. The lowest BCUT2D eigenvalue weighted by Gasteiger charge is -2.29. The summed E-state index contributed by atoms with van der Waals surface area (Å²) in [5.41, 5.74) is 0.716. The maximum absolute atomic E-state index is 9.93. The summed E-state index contributed by atoms with van der Waals surface area (Å²) in [6.07, 6.45) is 1.83. The second-order valence-electron chi connectivity index (χ2n) is 5.09. The minimum Gasteiger partial charge on any atom is -0.508 e. The molecular formula is C15H23NO3. The summed E-state index contributed by atoms with van der Waals surface area (Å²) in [6, 6.07) is 7.61. The number of methoxy groups -OCH3 is 1. The van der Waals surface area contributed by atoms with Crippen molar-refractivity contribution in [2.75, 3.05) is 26.9 Å². The Morgan fingerprint density at radius 1 is 1.47 bits per heavy atom. The molecule has 1 fully saturated rings. The summed E-state index contributed by atoms with van der Waals surface area (Å²) in [6.45, 7) is 4.22. The number of rotatable bonds is 6. The third-order valence-corrected chi connectivity index (χ3v) is 3.89. The van der Waals surface area contributed by atoms with Gasteiger partial charge >= 0.3 is 0 Å². The molecule has 0 bridgehead atoms. The number of aromatic hydroxyl groups is 1. The largest absolute Gasteiger partial charge is 0.508 e. The highest BCUT2D eigenvalue weighted by molar-refractivity contribution is 5.34. The van der Waals surface area contributed by atoms with Gasteiger partial charge in [0.05, 0.1) is 6.61 Å². The molecule has 1 aliphatic rings. The number of hydrogen-bond acceptors (Lipinski definition) is 4. The SMILES string of the molecule is CCC(NCC1(OC)CCOC1)c1ccccc1O. The van der Waals surface area contributed by atoms with E-state index >= 15 is 0 Å². The Morgan fingerprint density at radius 3 is 2.84 bits per heavy atom. The molecule has 2 N–H and O–H groups in total. The third-order valence-electron chi connectivity index (χ3n) is 3.89. The van der Waals surface area contributed by atoms with E-state index in [0.29, 0.717) is 12.4 Å². The Morgan fingerprint density at radius 2 is 2.26 bits per heavy atom. The molecule has 0 amide bonds. The number of phenolic OH excluding ortho intramolecular Hbond substituents is 1. The molecule has 0 aliphatic carbocycles. The smallest absolute Gasteiger partial charge is 0.120 e. The van der Waals surface area contributed by atoms with Gasteiger partial charge in [0, 0.05) is 38.3 Å². The first-order valence-corrected chi connectivity index (χ1v) is 6.85. The maximum atomic E-state index is 9.93. The second-order valence-corrected chi connectivity index (χ2v) is 5.09. The third kappa shape index (κ3) is 3.26. The van der Waals surface area contributed by atoms with Crippen molar-refractivity contribution in [3.63, 3.8) is 0 Å². The van der Waals surface area contributed by atoms with Crippen molar-refractivity contribution in [3.05, 3.63) is 29.8 Å². The van der Waals surface area contributed by atoms with Crippen molar-refractivity contribution in [2.45, 2.75) is 31.4 Å². The molecule has 1 saturated heterocycles. The molecule has 0 aromatic heterocycles. The number of phenols is 1. The zero-order valence-corrected chi connectivity index (χ0v) is 11.7. The van der Waals surface area contributed by atoms with Gasteiger partial charge in [-0.1, -0.05) is 25.1 Å². The summed E-state index contributed by atoms with van der Waals surface area (Å²) in [5.74, 6) is 0.344. The average Bonchev–Trinajstić information content (AvgIpc) is 2.91. The number of benzene rings is 1. The van der Waals surface area contributed by atoms with E-state index in [0.717, 1.165) is 31.6 Å². The first-order valence-electron chi connectivity index (χ1n) is 6.85. The lowest BCUT2D eigenvalue weighted by atomic mass is 9.99. The van der Waals surface area contributed by atoms with Gasteiger partial charge in [0.1, 0.15) is 11.4 Å². The number of nitrogens with one attached hydrogen (secondary N) is 1. The molecule has 1 aromatic rings. The molecule has 4 heteroatoms. The van der Waals surface area contributed by atoms with E-state index in [-0.39, 0.29) is 11.6 Å². The normalized spacial score (nSPS) is 24.5. The predicted octanol–water partition coefficient (Wildman–Crippen LogP) is 2.24. The van der Waals surface area contributed by atoms with Crippen molar-refractivity contribution >= 4 is 0 Å². The minimum absolute atomic E-state index is 0.133. The van der Waals surface area contributed by atoms with Gasteiger partial charge in [-0.2, -0.15) is 0 Å². The average molecular weight is 265 g/mol. The molecule has 1 heterocycles. The Labute approximate surface area is 114 Å². The van der Waals surface area contributed by atoms with Gasteiger partial charge in [-0.25, -0.2) is 0 Å². The molecular weight excluding hydrogens is 242 g/mol. The highest BCUT2D eigenvalue weighted by Gasteiger charge is 2.35. The summed E-state index contributed by atoms with van der Waals surface area (Å²) in [7, 11) is 1.73. The Bertz CT molecular complexity index is 402. The van der Waals surface area contributed by atoms with Crippen LogP contribution in [0, 0.1) is 0 Å². The maximum Gasteiger partial charge on any atom is 0.120 e. The summed E-state index contributed by atoms with van der Waals surface area (Å²) in [5, 5.41) is 13.4. The summed E-state index contributed by atoms with van der Waals surface area (Å²) in [4.78, 5) is 0. The zero-order valence-electron chi connectivity index (χ0n) is 11.7. The molecule has 1 aromatic carbocycles. The molecule has 106 valence electrons. The van der Waals surface area contributed by atoms with Crippen molar-refractivity contribution in [2.24, 2.45) is 0 Å². The van der Waals surface area contributed by atoms with Crippen molar-refractivity contribution in [1.82, 2.24) is 5.32 Å². The molecule has 0 spiro atoms. The summed E-state index contributed by atoms with van der Waals surface area (Å²) < 4.78 is 11.0. The van der Waals surface area contributed by atoms with Crippen LogP contribution < -0.4 is 5.32 Å². The molecule has 0 saturated carbocycles. The van der Waals surface area contributed by atoms with E-state index in [1.807, 2.05) is 18.2 Å². The Balaban J connectivity index is 2.02. The molecule has 19 heavy (non-hydrogen) atoms. The lowest BCUT2D eigenvalue weighted by molar-refractivity contribution is -0.0176. The Kier molecular flexibility index (Phi) is 4.80. The molecule has 2 rings (SSSR count). The van der Waals surface area contributed by atoms with Gasteiger partial charge in [0.15, 0.2) is 0 Å².